The summed E-state index contributed by atoms with van der Waals surface area (Å²) >= 11 is 0. The molecule has 0 aliphatic carbocycles. The standard InChI is InChI=1S/C11H21NO3/c1-10(2,3)6-11(15-5)7-12(8-11)9(13)14-4/h6-8H2,1-5H3. The van der Waals surface area contributed by atoms with Crippen LogP contribution in [0.15, 0.2) is 0 Å². The summed E-state index contributed by atoms with van der Waals surface area (Å²) < 4.78 is 10.2. The predicted molar refractivity (Wildman–Crippen MR) is 57.8 cm³/mol. The van der Waals surface area contributed by atoms with Crippen LogP contribution in [0.25, 0.3) is 0 Å². The Morgan fingerprint density at radius 1 is 1.33 bits per heavy atom. The van der Waals surface area contributed by atoms with Gasteiger partial charge in [0.2, 0.25) is 0 Å². The summed E-state index contributed by atoms with van der Waals surface area (Å²) in [5.41, 5.74) is 0.0324. The Bertz CT molecular complexity index is 239. The average Bonchev–Trinajstić information content (AvgIpc) is 2.07. The Kier molecular flexibility index (Phi) is 3.28. The van der Waals surface area contributed by atoms with Crippen LogP contribution in [0.1, 0.15) is 27.2 Å². The number of rotatable bonds is 2. The minimum Gasteiger partial charge on any atom is -0.453 e. The van der Waals surface area contributed by atoms with Crippen molar-refractivity contribution in [3.63, 3.8) is 0 Å². The topological polar surface area (TPSA) is 38.8 Å². The van der Waals surface area contributed by atoms with Gasteiger partial charge in [-0.1, -0.05) is 20.8 Å². The molecule has 1 fully saturated rings. The lowest BCUT2D eigenvalue weighted by molar-refractivity contribution is -0.131. The van der Waals surface area contributed by atoms with Crippen LogP contribution in [-0.2, 0) is 9.47 Å². The van der Waals surface area contributed by atoms with Crippen LogP contribution in [0.5, 0.6) is 0 Å². The first kappa shape index (κ1) is 12.3. The normalized spacial score (nSPS) is 19.7. The maximum absolute atomic E-state index is 11.2. The molecule has 1 saturated heterocycles. The highest BCUT2D eigenvalue weighted by Gasteiger charge is 2.47. The molecular weight excluding hydrogens is 194 g/mol. The zero-order valence-corrected chi connectivity index (χ0v) is 10.3. The number of hydrogen-bond donors (Lipinski definition) is 0. The van der Waals surface area contributed by atoms with Crippen molar-refractivity contribution in [3.8, 4) is 0 Å². The molecule has 1 amide bonds. The van der Waals surface area contributed by atoms with Crippen molar-refractivity contribution in [2.24, 2.45) is 5.41 Å². The van der Waals surface area contributed by atoms with Crippen LogP contribution in [0.4, 0.5) is 4.79 Å². The number of carbonyl (C=O) groups is 1. The van der Waals surface area contributed by atoms with Crippen LogP contribution >= 0.6 is 0 Å². The van der Waals surface area contributed by atoms with Crippen LogP contribution in [0.3, 0.4) is 0 Å². The lowest BCUT2D eigenvalue weighted by atomic mass is 9.77. The molecule has 0 N–H and O–H groups in total. The minimum atomic E-state index is -0.267. The molecule has 15 heavy (non-hydrogen) atoms. The molecule has 0 aromatic rings. The monoisotopic (exact) mass is 215 g/mol. The van der Waals surface area contributed by atoms with Crippen molar-refractivity contribution >= 4 is 6.09 Å². The van der Waals surface area contributed by atoms with Crippen molar-refractivity contribution in [1.29, 1.82) is 0 Å². The number of likely N-dealkylation sites (tertiary alicyclic amines) is 1. The van der Waals surface area contributed by atoms with Crippen LogP contribution in [0.2, 0.25) is 0 Å². The van der Waals surface area contributed by atoms with Gasteiger partial charge in [-0.15, -0.1) is 0 Å². The zero-order chi connectivity index (χ0) is 11.7. The maximum atomic E-state index is 11.2. The SMILES string of the molecule is COC(=O)N1CC(CC(C)(C)C)(OC)C1. The first-order valence-electron chi connectivity index (χ1n) is 5.20. The Balaban J connectivity index is 2.52. The van der Waals surface area contributed by atoms with E-state index in [-0.39, 0.29) is 17.1 Å². The summed E-state index contributed by atoms with van der Waals surface area (Å²) in [5.74, 6) is 0. The van der Waals surface area contributed by atoms with Gasteiger partial charge in [-0.2, -0.15) is 0 Å². The fourth-order valence-corrected chi connectivity index (χ4v) is 2.19. The highest BCUT2D eigenvalue weighted by atomic mass is 16.5. The zero-order valence-electron chi connectivity index (χ0n) is 10.3. The first-order valence-corrected chi connectivity index (χ1v) is 5.20. The van der Waals surface area contributed by atoms with E-state index in [1.165, 1.54) is 7.11 Å². The second kappa shape index (κ2) is 4.00. The third kappa shape index (κ3) is 2.84. The van der Waals surface area contributed by atoms with Crippen LogP contribution in [0, 0.1) is 5.41 Å². The Morgan fingerprint density at radius 3 is 2.20 bits per heavy atom. The van der Waals surface area contributed by atoms with Gasteiger partial charge in [0.05, 0.1) is 20.2 Å². The van der Waals surface area contributed by atoms with Gasteiger partial charge < -0.3 is 14.4 Å². The lowest BCUT2D eigenvalue weighted by Crippen LogP contribution is -2.65. The van der Waals surface area contributed by atoms with E-state index in [4.69, 9.17) is 4.74 Å². The third-order valence-corrected chi connectivity index (χ3v) is 2.68. The molecule has 1 aliphatic heterocycles. The van der Waals surface area contributed by atoms with Crippen molar-refractivity contribution in [2.45, 2.75) is 32.8 Å². The highest BCUT2D eigenvalue weighted by molar-refractivity contribution is 5.69. The van der Waals surface area contributed by atoms with E-state index in [0.717, 1.165) is 6.42 Å². The molecule has 0 spiro atoms. The summed E-state index contributed by atoms with van der Waals surface area (Å²) in [4.78, 5) is 12.9. The molecule has 0 bridgehead atoms. The summed E-state index contributed by atoms with van der Waals surface area (Å²) in [6.07, 6.45) is 0.681. The molecule has 0 atom stereocenters. The Morgan fingerprint density at radius 2 is 1.87 bits per heavy atom. The molecule has 4 nitrogen and oxygen atoms in total. The van der Waals surface area contributed by atoms with Crippen LogP contribution < -0.4 is 0 Å². The highest BCUT2D eigenvalue weighted by Crippen LogP contribution is 2.36. The molecule has 0 saturated carbocycles. The van der Waals surface area contributed by atoms with Crippen molar-refractivity contribution in [2.75, 3.05) is 27.3 Å². The molecule has 88 valence electrons. The van der Waals surface area contributed by atoms with Crippen molar-refractivity contribution in [1.82, 2.24) is 4.90 Å². The first-order chi connectivity index (χ1) is 6.82. The molecule has 0 aromatic carbocycles. The molecule has 0 unspecified atom stereocenters. The van der Waals surface area contributed by atoms with Crippen molar-refractivity contribution in [3.05, 3.63) is 0 Å². The second-order valence-electron chi connectivity index (χ2n) is 5.45. The largest absolute Gasteiger partial charge is 0.453 e. The van der Waals surface area contributed by atoms with Gasteiger partial charge in [0, 0.05) is 7.11 Å². The molecule has 1 rings (SSSR count). The molecule has 1 aliphatic rings. The number of nitrogens with zero attached hydrogens (tertiary/aromatic N) is 1. The van der Waals surface area contributed by atoms with Gasteiger partial charge in [-0.3, -0.25) is 0 Å². The summed E-state index contributed by atoms with van der Waals surface area (Å²) in [7, 11) is 3.11. The number of carbonyl (C=O) groups excluding carboxylic acids is 1. The van der Waals surface area contributed by atoms with Gasteiger partial charge in [0.25, 0.3) is 0 Å². The van der Waals surface area contributed by atoms with E-state index in [2.05, 4.69) is 25.5 Å². The van der Waals surface area contributed by atoms with E-state index in [1.54, 1.807) is 12.0 Å². The number of ether oxygens (including phenoxy) is 2. The molecule has 0 aromatic heterocycles. The van der Waals surface area contributed by atoms with E-state index < -0.39 is 0 Å². The van der Waals surface area contributed by atoms with Gasteiger partial charge >= 0.3 is 6.09 Å². The Hall–Kier alpha value is -0.770. The number of methoxy groups -OCH3 is 2. The lowest BCUT2D eigenvalue weighted by Gasteiger charge is -2.50. The minimum absolute atomic E-state index is 0.174. The molecule has 4 heteroatoms. The van der Waals surface area contributed by atoms with Gasteiger partial charge in [-0.05, 0) is 11.8 Å². The molecule has 0 radical (unpaired) electrons. The summed E-state index contributed by atoms with van der Waals surface area (Å²) in [6, 6.07) is 0. The quantitative estimate of drug-likeness (QED) is 0.706. The maximum Gasteiger partial charge on any atom is 0.409 e. The predicted octanol–water partition coefficient (Wildman–Crippen LogP) is 1.89. The second-order valence-corrected chi connectivity index (χ2v) is 5.45. The van der Waals surface area contributed by atoms with E-state index in [9.17, 15) is 4.79 Å². The average molecular weight is 215 g/mol. The van der Waals surface area contributed by atoms with Gasteiger partial charge in [-0.25, -0.2) is 4.79 Å². The van der Waals surface area contributed by atoms with E-state index in [0.29, 0.717) is 13.1 Å². The Labute approximate surface area is 91.5 Å². The number of amides is 1. The van der Waals surface area contributed by atoms with Crippen molar-refractivity contribution < 1.29 is 14.3 Å². The molecular formula is C11H21NO3. The van der Waals surface area contributed by atoms with Gasteiger partial charge in [0.1, 0.15) is 5.60 Å². The van der Waals surface area contributed by atoms with E-state index in [1.807, 2.05) is 0 Å². The third-order valence-electron chi connectivity index (χ3n) is 2.68. The summed E-state index contributed by atoms with van der Waals surface area (Å²) in [6.45, 7) is 7.79. The smallest absolute Gasteiger partial charge is 0.409 e. The fourth-order valence-electron chi connectivity index (χ4n) is 2.19. The fraction of sp³-hybridized carbons (Fsp3) is 0.909. The van der Waals surface area contributed by atoms with Gasteiger partial charge in [0.15, 0.2) is 0 Å². The van der Waals surface area contributed by atoms with E-state index >= 15 is 0 Å². The number of hydrogen-bond acceptors (Lipinski definition) is 3. The molecule has 1 heterocycles. The van der Waals surface area contributed by atoms with Crippen LogP contribution in [-0.4, -0.2) is 43.9 Å². The summed E-state index contributed by atoms with van der Waals surface area (Å²) in [5, 5.41) is 0.